The van der Waals surface area contributed by atoms with Crippen LogP contribution in [0.3, 0.4) is 0 Å². The van der Waals surface area contributed by atoms with E-state index in [1.54, 1.807) is 6.20 Å². The van der Waals surface area contributed by atoms with Gasteiger partial charge in [-0.15, -0.1) is 0 Å². The van der Waals surface area contributed by atoms with Crippen LogP contribution in [0.4, 0.5) is 5.82 Å². The number of anilines is 1. The molecule has 16 heavy (non-hydrogen) atoms. The van der Waals surface area contributed by atoms with Gasteiger partial charge in [0, 0.05) is 20.3 Å². The molecule has 0 aromatic carbocycles. The number of piperidine rings is 1. The number of aromatic nitrogens is 1. The summed E-state index contributed by atoms with van der Waals surface area (Å²) in [7, 11) is 4.06. The second kappa shape index (κ2) is 5.02. The lowest BCUT2D eigenvalue weighted by molar-refractivity contribution is 0.460. The maximum absolute atomic E-state index is 6.04. The third-order valence-corrected chi connectivity index (χ3v) is 3.27. The van der Waals surface area contributed by atoms with E-state index < -0.39 is 0 Å². The molecule has 1 aliphatic rings. The number of halogens is 1. The van der Waals surface area contributed by atoms with E-state index in [9.17, 15) is 0 Å². The van der Waals surface area contributed by atoms with E-state index in [-0.39, 0.29) is 0 Å². The minimum absolute atomic E-state index is 0.588. The molecule has 1 N–H and O–H groups in total. The molecule has 1 aromatic rings. The van der Waals surface area contributed by atoms with E-state index in [2.05, 4.69) is 21.3 Å². The number of hydrogen-bond donors (Lipinski definition) is 1. The lowest BCUT2D eigenvalue weighted by atomic mass is 9.90. The van der Waals surface area contributed by atoms with Gasteiger partial charge in [0.25, 0.3) is 0 Å². The molecule has 0 unspecified atom stereocenters. The van der Waals surface area contributed by atoms with Crippen molar-refractivity contribution in [3.63, 3.8) is 0 Å². The van der Waals surface area contributed by atoms with Crippen LogP contribution in [-0.2, 0) is 0 Å². The lowest BCUT2D eigenvalue weighted by Gasteiger charge is -2.26. The predicted molar refractivity (Wildman–Crippen MR) is 68.4 cm³/mol. The molecule has 0 aliphatic carbocycles. The fourth-order valence-corrected chi connectivity index (χ4v) is 2.42. The molecule has 1 aliphatic heterocycles. The summed E-state index contributed by atoms with van der Waals surface area (Å²) >= 11 is 6.04. The Morgan fingerprint density at radius 2 is 2.06 bits per heavy atom. The summed E-state index contributed by atoms with van der Waals surface area (Å²) in [6.07, 6.45) is 4.06. The van der Waals surface area contributed by atoms with Gasteiger partial charge in [0.2, 0.25) is 0 Å². The predicted octanol–water partition coefficient (Wildman–Crippen LogP) is 2.27. The average Bonchev–Trinajstić information content (AvgIpc) is 2.29. The Hall–Kier alpha value is -0.800. The molecule has 0 amide bonds. The van der Waals surface area contributed by atoms with Gasteiger partial charge in [0.1, 0.15) is 5.82 Å². The molecular weight excluding hydrogens is 222 g/mol. The van der Waals surface area contributed by atoms with Crippen molar-refractivity contribution in [1.82, 2.24) is 10.3 Å². The Kier molecular flexibility index (Phi) is 3.66. The van der Waals surface area contributed by atoms with Crippen LogP contribution in [0, 0.1) is 0 Å². The molecule has 2 heterocycles. The summed E-state index contributed by atoms with van der Waals surface area (Å²) in [6, 6.07) is 2.07. The molecule has 0 atom stereocenters. The SMILES string of the molecule is CN(C)c1ncc(Cl)cc1C1CCNCC1. The summed E-state index contributed by atoms with van der Waals surface area (Å²) in [5, 5.41) is 4.12. The van der Waals surface area contributed by atoms with Crippen LogP contribution in [0.2, 0.25) is 5.02 Å². The van der Waals surface area contributed by atoms with Gasteiger partial charge in [-0.3, -0.25) is 0 Å². The van der Waals surface area contributed by atoms with E-state index in [4.69, 9.17) is 11.6 Å². The topological polar surface area (TPSA) is 28.2 Å². The third-order valence-electron chi connectivity index (χ3n) is 3.06. The fourth-order valence-electron chi connectivity index (χ4n) is 2.25. The van der Waals surface area contributed by atoms with Crippen LogP contribution < -0.4 is 10.2 Å². The van der Waals surface area contributed by atoms with Gasteiger partial charge in [-0.25, -0.2) is 4.98 Å². The van der Waals surface area contributed by atoms with Gasteiger partial charge in [-0.1, -0.05) is 11.6 Å². The number of hydrogen-bond acceptors (Lipinski definition) is 3. The fraction of sp³-hybridized carbons (Fsp3) is 0.583. The number of nitrogens with zero attached hydrogens (tertiary/aromatic N) is 2. The van der Waals surface area contributed by atoms with E-state index in [0.717, 1.165) is 23.9 Å². The second-order valence-electron chi connectivity index (χ2n) is 4.49. The monoisotopic (exact) mass is 239 g/mol. The molecule has 0 spiro atoms. The van der Waals surface area contributed by atoms with Crippen LogP contribution in [-0.4, -0.2) is 32.2 Å². The van der Waals surface area contributed by atoms with Crippen LogP contribution in [0.1, 0.15) is 24.3 Å². The Balaban J connectivity index is 2.32. The quantitative estimate of drug-likeness (QED) is 0.858. The molecule has 1 aromatic heterocycles. The first kappa shape index (κ1) is 11.7. The van der Waals surface area contributed by atoms with Gasteiger partial charge in [0.15, 0.2) is 0 Å². The molecule has 0 radical (unpaired) electrons. The molecule has 1 fully saturated rings. The van der Waals surface area contributed by atoms with Crippen LogP contribution >= 0.6 is 11.6 Å². The molecule has 3 nitrogen and oxygen atoms in total. The van der Waals surface area contributed by atoms with Gasteiger partial charge >= 0.3 is 0 Å². The highest BCUT2D eigenvalue weighted by atomic mass is 35.5. The smallest absolute Gasteiger partial charge is 0.131 e. The zero-order chi connectivity index (χ0) is 11.5. The summed E-state index contributed by atoms with van der Waals surface area (Å²) in [5.41, 5.74) is 1.29. The van der Waals surface area contributed by atoms with Crippen LogP contribution in [0.25, 0.3) is 0 Å². The maximum Gasteiger partial charge on any atom is 0.131 e. The van der Waals surface area contributed by atoms with Crippen LogP contribution in [0.15, 0.2) is 12.3 Å². The lowest BCUT2D eigenvalue weighted by Crippen LogP contribution is -2.27. The standard InChI is InChI=1S/C12H18ClN3/c1-16(2)12-11(7-10(13)8-15-12)9-3-5-14-6-4-9/h7-9,14H,3-6H2,1-2H3. The zero-order valence-electron chi connectivity index (χ0n) is 9.83. The normalized spacial score (nSPS) is 17.4. The Labute approximate surface area is 102 Å². The highest BCUT2D eigenvalue weighted by Gasteiger charge is 2.20. The highest BCUT2D eigenvalue weighted by molar-refractivity contribution is 6.30. The summed E-state index contributed by atoms with van der Waals surface area (Å²) in [6.45, 7) is 2.17. The molecule has 88 valence electrons. The highest BCUT2D eigenvalue weighted by Crippen LogP contribution is 2.32. The molecule has 2 rings (SSSR count). The molecule has 1 saturated heterocycles. The van der Waals surface area contributed by atoms with Crippen molar-refractivity contribution < 1.29 is 0 Å². The van der Waals surface area contributed by atoms with Crippen molar-refractivity contribution in [2.45, 2.75) is 18.8 Å². The van der Waals surface area contributed by atoms with Crippen molar-refractivity contribution in [3.05, 3.63) is 22.8 Å². The molecule has 0 saturated carbocycles. The van der Waals surface area contributed by atoms with Gasteiger partial charge < -0.3 is 10.2 Å². The molecule has 4 heteroatoms. The van der Waals surface area contributed by atoms with Crippen molar-refractivity contribution in [2.75, 3.05) is 32.1 Å². The van der Waals surface area contributed by atoms with E-state index in [1.807, 2.05) is 14.1 Å². The van der Waals surface area contributed by atoms with E-state index in [0.29, 0.717) is 5.92 Å². The van der Waals surface area contributed by atoms with Crippen molar-refractivity contribution in [3.8, 4) is 0 Å². The van der Waals surface area contributed by atoms with Gasteiger partial charge in [0.05, 0.1) is 5.02 Å². The summed E-state index contributed by atoms with van der Waals surface area (Å²) in [5.74, 6) is 1.64. The Morgan fingerprint density at radius 1 is 1.38 bits per heavy atom. The van der Waals surface area contributed by atoms with Gasteiger partial charge in [-0.2, -0.15) is 0 Å². The minimum atomic E-state index is 0.588. The first-order valence-corrected chi connectivity index (χ1v) is 6.10. The molecule has 0 bridgehead atoms. The van der Waals surface area contributed by atoms with Crippen LogP contribution in [0.5, 0.6) is 0 Å². The summed E-state index contributed by atoms with van der Waals surface area (Å²) in [4.78, 5) is 6.49. The van der Waals surface area contributed by atoms with Crippen molar-refractivity contribution in [1.29, 1.82) is 0 Å². The van der Waals surface area contributed by atoms with Crippen molar-refractivity contribution >= 4 is 17.4 Å². The van der Waals surface area contributed by atoms with E-state index >= 15 is 0 Å². The largest absolute Gasteiger partial charge is 0.363 e. The summed E-state index contributed by atoms with van der Waals surface area (Å²) < 4.78 is 0. The number of rotatable bonds is 2. The van der Waals surface area contributed by atoms with E-state index in [1.165, 1.54) is 18.4 Å². The average molecular weight is 240 g/mol. The maximum atomic E-state index is 6.04. The zero-order valence-corrected chi connectivity index (χ0v) is 10.6. The Bertz CT molecular complexity index is 359. The third kappa shape index (κ3) is 2.47. The molecular formula is C12H18ClN3. The van der Waals surface area contributed by atoms with Crippen molar-refractivity contribution in [2.24, 2.45) is 0 Å². The first-order chi connectivity index (χ1) is 7.68. The number of nitrogens with one attached hydrogen (secondary N) is 1. The number of pyridine rings is 1. The minimum Gasteiger partial charge on any atom is -0.363 e. The van der Waals surface area contributed by atoms with Gasteiger partial charge in [-0.05, 0) is 43.5 Å². The second-order valence-corrected chi connectivity index (χ2v) is 4.92. The first-order valence-electron chi connectivity index (χ1n) is 5.72. The Morgan fingerprint density at radius 3 is 2.69 bits per heavy atom.